The Hall–Kier alpha value is -1.11. The summed E-state index contributed by atoms with van der Waals surface area (Å²) in [4.78, 5) is 10.6. The fourth-order valence-corrected chi connectivity index (χ4v) is 2.15. The van der Waals surface area contributed by atoms with E-state index in [0.717, 1.165) is 24.7 Å². The summed E-state index contributed by atoms with van der Waals surface area (Å²) >= 11 is 0. The zero-order chi connectivity index (χ0) is 9.47. The van der Waals surface area contributed by atoms with Crippen LogP contribution in [0.1, 0.15) is 35.3 Å². The van der Waals surface area contributed by atoms with Gasteiger partial charge in [-0.15, -0.1) is 0 Å². The molecular weight excluding hydrogens is 160 g/mol. The highest BCUT2D eigenvalue weighted by Crippen LogP contribution is 2.36. The summed E-state index contributed by atoms with van der Waals surface area (Å²) in [5.74, 6) is 0. The second-order valence-electron chi connectivity index (χ2n) is 4.66. The van der Waals surface area contributed by atoms with Gasteiger partial charge in [0, 0.05) is 5.56 Å². The summed E-state index contributed by atoms with van der Waals surface area (Å²) < 4.78 is 0. The molecule has 1 aliphatic rings. The fraction of sp³-hybridized carbons (Fsp3) is 0.417. The molecule has 1 aromatic carbocycles. The van der Waals surface area contributed by atoms with Crippen LogP contribution >= 0.6 is 0 Å². The standard InChI is InChI=1S/C12H14O/c1-12(2)6-10-4-3-9(8-13)5-11(10)7-12/h3-5,8H,6-7H2,1-2H3. The molecule has 0 radical (unpaired) electrons. The molecule has 0 saturated heterocycles. The molecule has 0 amide bonds. The fourth-order valence-electron chi connectivity index (χ4n) is 2.15. The molecule has 0 aliphatic heterocycles. The number of carbonyl (C=O) groups is 1. The Morgan fingerprint density at radius 3 is 2.62 bits per heavy atom. The van der Waals surface area contributed by atoms with E-state index >= 15 is 0 Å². The minimum absolute atomic E-state index is 0.379. The van der Waals surface area contributed by atoms with Gasteiger partial charge in [-0.3, -0.25) is 4.79 Å². The monoisotopic (exact) mass is 174 g/mol. The van der Waals surface area contributed by atoms with Gasteiger partial charge < -0.3 is 0 Å². The van der Waals surface area contributed by atoms with E-state index in [1.54, 1.807) is 0 Å². The predicted octanol–water partition coefficient (Wildman–Crippen LogP) is 2.62. The lowest BCUT2D eigenvalue weighted by Gasteiger charge is -2.14. The van der Waals surface area contributed by atoms with Gasteiger partial charge in [-0.05, 0) is 35.4 Å². The van der Waals surface area contributed by atoms with Crippen LogP contribution in [0, 0.1) is 5.41 Å². The molecular formula is C12H14O. The Bertz CT molecular complexity index is 350. The Labute approximate surface area is 78.8 Å². The number of hydrogen-bond acceptors (Lipinski definition) is 1. The lowest BCUT2D eigenvalue weighted by Crippen LogP contribution is -2.09. The molecule has 0 heterocycles. The van der Waals surface area contributed by atoms with Gasteiger partial charge in [0.2, 0.25) is 0 Å². The van der Waals surface area contributed by atoms with Crippen molar-refractivity contribution in [2.45, 2.75) is 26.7 Å². The number of benzene rings is 1. The summed E-state index contributed by atoms with van der Waals surface area (Å²) in [7, 11) is 0. The molecule has 0 fully saturated rings. The topological polar surface area (TPSA) is 17.1 Å². The number of carbonyl (C=O) groups excluding carboxylic acids is 1. The summed E-state index contributed by atoms with van der Waals surface area (Å²) in [6, 6.07) is 6.03. The maximum atomic E-state index is 10.6. The molecule has 0 spiro atoms. The minimum Gasteiger partial charge on any atom is -0.298 e. The number of fused-ring (bicyclic) bond motifs is 1. The molecule has 1 heteroatoms. The second-order valence-corrected chi connectivity index (χ2v) is 4.66. The maximum absolute atomic E-state index is 10.6. The highest BCUT2D eigenvalue weighted by atomic mass is 16.1. The van der Waals surface area contributed by atoms with E-state index in [4.69, 9.17) is 0 Å². The molecule has 0 bridgehead atoms. The number of rotatable bonds is 1. The van der Waals surface area contributed by atoms with Crippen LogP contribution in [0.3, 0.4) is 0 Å². The van der Waals surface area contributed by atoms with Gasteiger partial charge in [0.25, 0.3) is 0 Å². The van der Waals surface area contributed by atoms with Crippen molar-refractivity contribution in [3.63, 3.8) is 0 Å². The molecule has 1 nitrogen and oxygen atoms in total. The number of hydrogen-bond donors (Lipinski definition) is 0. The quantitative estimate of drug-likeness (QED) is 0.598. The van der Waals surface area contributed by atoms with Crippen LogP contribution in [-0.2, 0) is 12.8 Å². The smallest absolute Gasteiger partial charge is 0.150 e. The van der Waals surface area contributed by atoms with E-state index < -0.39 is 0 Å². The van der Waals surface area contributed by atoms with Gasteiger partial charge in [0.15, 0.2) is 0 Å². The molecule has 68 valence electrons. The van der Waals surface area contributed by atoms with Crippen molar-refractivity contribution in [2.75, 3.05) is 0 Å². The zero-order valence-electron chi connectivity index (χ0n) is 8.13. The Morgan fingerprint density at radius 1 is 1.23 bits per heavy atom. The van der Waals surface area contributed by atoms with Crippen LogP contribution in [-0.4, -0.2) is 6.29 Å². The number of aldehydes is 1. The Kier molecular flexibility index (Phi) is 1.76. The van der Waals surface area contributed by atoms with Gasteiger partial charge in [-0.2, -0.15) is 0 Å². The first-order valence-electron chi connectivity index (χ1n) is 4.68. The van der Waals surface area contributed by atoms with Gasteiger partial charge >= 0.3 is 0 Å². The van der Waals surface area contributed by atoms with E-state index in [-0.39, 0.29) is 0 Å². The van der Waals surface area contributed by atoms with Gasteiger partial charge in [0.1, 0.15) is 6.29 Å². The van der Waals surface area contributed by atoms with E-state index in [0.29, 0.717) is 5.41 Å². The van der Waals surface area contributed by atoms with Crippen molar-refractivity contribution in [3.8, 4) is 0 Å². The van der Waals surface area contributed by atoms with E-state index in [2.05, 4.69) is 19.9 Å². The SMILES string of the molecule is CC1(C)Cc2ccc(C=O)cc2C1. The van der Waals surface area contributed by atoms with Crippen LogP contribution in [0.2, 0.25) is 0 Å². The first kappa shape index (κ1) is 8.49. The van der Waals surface area contributed by atoms with Crippen molar-refractivity contribution >= 4 is 6.29 Å². The zero-order valence-corrected chi connectivity index (χ0v) is 8.13. The Morgan fingerprint density at radius 2 is 1.92 bits per heavy atom. The normalized spacial score (nSPS) is 18.3. The second kappa shape index (κ2) is 2.69. The molecule has 1 aliphatic carbocycles. The maximum Gasteiger partial charge on any atom is 0.150 e. The Balaban J connectivity index is 2.41. The molecule has 0 aromatic heterocycles. The highest BCUT2D eigenvalue weighted by molar-refractivity contribution is 5.75. The van der Waals surface area contributed by atoms with Crippen LogP contribution < -0.4 is 0 Å². The molecule has 0 N–H and O–H groups in total. The van der Waals surface area contributed by atoms with E-state index in [9.17, 15) is 4.79 Å². The highest BCUT2D eigenvalue weighted by Gasteiger charge is 2.27. The van der Waals surface area contributed by atoms with Crippen molar-refractivity contribution in [1.82, 2.24) is 0 Å². The predicted molar refractivity (Wildman–Crippen MR) is 53.0 cm³/mol. The molecule has 0 atom stereocenters. The summed E-state index contributed by atoms with van der Waals surface area (Å²) in [6.45, 7) is 4.54. The van der Waals surface area contributed by atoms with Crippen molar-refractivity contribution in [2.24, 2.45) is 5.41 Å². The average molecular weight is 174 g/mol. The summed E-state index contributed by atoms with van der Waals surface area (Å²) in [5.41, 5.74) is 3.95. The van der Waals surface area contributed by atoms with Crippen LogP contribution in [0.4, 0.5) is 0 Å². The molecule has 0 saturated carbocycles. The van der Waals surface area contributed by atoms with Crippen LogP contribution in [0.15, 0.2) is 18.2 Å². The van der Waals surface area contributed by atoms with Crippen LogP contribution in [0.25, 0.3) is 0 Å². The third kappa shape index (κ3) is 1.51. The molecule has 2 rings (SSSR count). The van der Waals surface area contributed by atoms with Crippen molar-refractivity contribution < 1.29 is 4.79 Å². The van der Waals surface area contributed by atoms with Crippen LogP contribution in [0.5, 0.6) is 0 Å². The van der Waals surface area contributed by atoms with Gasteiger partial charge in [-0.25, -0.2) is 0 Å². The van der Waals surface area contributed by atoms with Gasteiger partial charge in [-0.1, -0.05) is 26.0 Å². The lowest BCUT2D eigenvalue weighted by molar-refractivity contribution is 0.112. The third-order valence-electron chi connectivity index (χ3n) is 2.70. The molecule has 13 heavy (non-hydrogen) atoms. The lowest BCUT2D eigenvalue weighted by atomic mass is 9.90. The average Bonchev–Trinajstić information content (AvgIpc) is 2.36. The third-order valence-corrected chi connectivity index (χ3v) is 2.70. The molecule has 0 unspecified atom stereocenters. The minimum atomic E-state index is 0.379. The van der Waals surface area contributed by atoms with Gasteiger partial charge in [0.05, 0.1) is 0 Å². The largest absolute Gasteiger partial charge is 0.298 e. The first-order chi connectivity index (χ1) is 6.11. The summed E-state index contributed by atoms with van der Waals surface area (Å²) in [6.07, 6.45) is 3.16. The van der Waals surface area contributed by atoms with E-state index in [1.807, 2.05) is 12.1 Å². The first-order valence-corrected chi connectivity index (χ1v) is 4.68. The van der Waals surface area contributed by atoms with Crippen molar-refractivity contribution in [1.29, 1.82) is 0 Å². The van der Waals surface area contributed by atoms with E-state index in [1.165, 1.54) is 11.1 Å². The molecule has 1 aromatic rings. The summed E-state index contributed by atoms with van der Waals surface area (Å²) in [5, 5.41) is 0. The van der Waals surface area contributed by atoms with Crippen molar-refractivity contribution in [3.05, 3.63) is 34.9 Å².